The lowest BCUT2D eigenvalue weighted by molar-refractivity contribution is -0.184. The first-order chi connectivity index (χ1) is 8.42. The van der Waals surface area contributed by atoms with Crippen molar-refractivity contribution in [2.24, 2.45) is 0 Å². The van der Waals surface area contributed by atoms with Crippen molar-refractivity contribution in [3.05, 3.63) is 54.3 Å². The van der Waals surface area contributed by atoms with Crippen LogP contribution in [0, 0.1) is 0 Å². The highest BCUT2D eigenvalue weighted by molar-refractivity contribution is 5.34. The zero-order valence-electron chi connectivity index (χ0n) is 9.41. The quantitative estimate of drug-likeness (QED) is 0.782. The minimum atomic E-state index is -0.338. The van der Waals surface area contributed by atoms with Gasteiger partial charge in [-0.2, -0.15) is 0 Å². The summed E-state index contributed by atoms with van der Waals surface area (Å²) in [5, 5.41) is 0. The van der Waals surface area contributed by atoms with Crippen LogP contribution in [0.25, 0.3) is 0 Å². The van der Waals surface area contributed by atoms with Crippen molar-refractivity contribution in [2.45, 2.75) is 25.4 Å². The van der Waals surface area contributed by atoms with Gasteiger partial charge < -0.3 is 9.47 Å². The number of aryl methyl sites for hydroxylation is 1. The molecule has 0 bridgehead atoms. The molecule has 0 fully saturated rings. The number of rotatable bonds is 2. The molecule has 0 N–H and O–H groups in total. The van der Waals surface area contributed by atoms with E-state index < -0.39 is 0 Å². The molecule has 2 unspecified atom stereocenters. The minimum Gasteiger partial charge on any atom is -0.469 e. The van der Waals surface area contributed by atoms with Crippen molar-refractivity contribution >= 4 is 0 Å². The predicted molar refractivity (Wildman–Crippen MR) is 63.4 cm³/mol. The largest absolute Gasteiger partial charge is 0.469 e. The highest BCUT2D eigenvalue weighted by Crippen LogP contribution is 2.28. The Morgan fingerprint density at radius 1 is 1.18 bits per heavy atom. The summed E-state index contributed by atoms with van der Waals surface area (Å²) in [6.07, 6.45) is 8.50. The fourth-order valence-electron chi connectivity index (χ4n) is 1.99. The van der Waals surface area contributed by atoms with Gasteiger partial charge in [-0.25, -0.2) is 0 Å². The topological polar surface area (TPSA) is 27.7 Å². The Balaban J connectivity index is 1.64. The van der Waals surface area contributed by atoms with Crippen molar-refractivity contribution in [1.82, 2.24) is 0 Å². The minimum absolute atomic E-state index is 0.231. The molecule has 0 amide bonds. The van der Waals surface area contributed by atoms with Crippen LogP contribution in [0.15, 0.2) is 48.8 Å². The average Bonchev–Trinajstić information content (AvgIpc) is 2.40. The van der Waals surface area contributed by atoms with E-state index in [0.717, 1.165) is 18.6 Å². The SMILES string of the molecule is C1=COC(OC2CCc3ccccc3O2)C=C1. The van der Waals surface area contributed by atoms with Crippen LogP contribution in [0.5, 0.6) is 5.75 Å². The van der Waals surface area contributed by atoms with E-state index in [1.54, 1.807) is 6.26 Å². The highest BCUT2D eigenvalue weighted by Gasteiger charge is 2.22. The molecule has 3 nitrogen and oxygen atoms in total. The second-order valence-electron chi connectivity index (χ2n) is 4.05. The maximum atomic E-state index is 5.77. The Morgan fingerprint density at radius 2 is 2.12 bits per heavy atom. The number of ether oxygens (including phenoxy) is 3. The van der Waals surface area contributed by atoms with Crippen molar-refractivity contribution in [1.29, 1.82) is 0 Å². The van der Waals surface area contributed by atoms with Crippen molar-refractivity contribution in [2.75, 3.05) is 0 Å². The Morgan fingerprint density at radius 3 is 3.00 bits per heavy atom. The molecule has 2 heterocycles. The first-order valence-corrected chi connectivity index (χ1v) is 5.81. The smallest absolute Gasteiger partial charge is 0.222 e. The van der Waals surface area contributed by atoms with Crippen LogP contribution in [0.1, 0.15) is 12.0 Å². The van der Waals surface area contributed by atoms with Crippen molar-refractivity contribution < 1.29 is 14.2 Å². The van der Waals surface area contributed by atoms with Crippen LogP contribution < -0.4 is 4.74 Å². The lowest BCUT2D eigenvalue weighted by atomic mass is 10.1. The second-order valence-corrected chi connectivity index (χ2v) is 4.05. The Labute approximate surface area is 100 Å². The molecule has 2 aliphatic heterocycles. The lowest BCUT2D eigenvalue weighted by Crippen LogP contribution is -2.30. The number of para-hydroxylation sites is 1. The van der Waals surface area contributed by atoms with E-state index in [2.05, 4.69) is 6.07 Å². The Kier molecular flexibility index (Phi) is 2.84. The molecule has 0 aliphatic carbocycles. The molecule has 0 saturated heterocycles. The van der Waals surface area contributed by atoms with Gasteiger partial charge >= 0.3 is 0 Å². The van der Waals surface area contributed by atoms with Crippen molar-refractivity contribution in [3.63, 3.8) is 0 Å². The molecule has 3 rings (SSSR count). The first-order valence-electron chi connectivity index (χ1n) is 5.81. The third kappa shape index (κ3) is 2.34. The summed E-state index contributed by atoms with van der Waals surface area (Å²) in [5.74, 6) is 0.916. The number of hydrogen-bond acceptors (Lipinski definition) is 3. The van der Waals surface area contributed by atoms with Gasteiger partial charge in [0, 0.05) is 6.42 Å². The van der Waals surface area contributed by atoms with Gasteiger partial charge in [0.05, 0.1) is 6.26 Å². The lowest BCUT2D eigenvalue weighted by Gasteiger charge is -2.28. The Bertz CT molecular complexity index is 451. The summed E-state index contributed by atoms with van der Waals surface area (Å²) >= 11 is 0. The molecule has 0 saturated carbocycles. The summed E-state index contributed by atoms with van der Waals surface area (Å²) in [4.78, 5) is 0. The van der Waals surface area contributed by atoms with Crippen LogP contribution in [0.4, 0.5) is 0 Å². The van der Waals surface area contributed by atoms with E-state index in [4.69, 9.17) is 14.2 Å². The fourth-order valence-corrected chi connectivity index (χ4v) is 1.99. The van der Waals surface area contributed by atoms with Crippen LogP contribution in [-0.4, -0.2) is 12.6 Å². The maximum Gasteiger partial charge on any atom is 0.222 e. The van der Waals surface area contributed by atoms with Gasteiger partial charge in [0.2, 0.25) is 12.6 Å². The van der Waals surface area contributed by atoms with Gasteiger partial charge in [-0.05, 0) is 30.2 Å². The molecule has 1 aromatic rings. The second kappa shape index (κ2) is 4.63. The molecule has 2 atom stereocenters. The van der Waals surface area contributed by atoms with Gasteiger partial charge in [0.1, 0.15) is 5.75 Å². The summed E-state index contributed by atoms with van der Waals surface area (Å²) in [6.45, 7) is 0. The normalized spacial score (nSPS) is 25.9. The van der Waals surface area contributed by atoms with E-state index in [0.29, 0.717) is 0 Å². The summed E-state index contributed by atoms with van der Waals surface area (Å²) in [5.41, 5.74) is 1.24. The number of allylic oxidation sites excluding steroid dienone is 2. The molecular weight excluding hydrogens is 216 g/mol. The molecular formula is C14H14O3. The van der Waals surface area contributed by atoms with E-state index >= 15 is 0 Å². The first kappa shape index (κ1) is 10.4. The highest BCUT2D eigenvalue weighted by atomic mass is 16.8. The van der Waals surface area contributed by atoms with Crippen LogP contribution >= 0.6 is 0 Å². The van der Waals surface area contributed by atoms with E-state index in [9.17, 15) is 0 Å². The fraction of sp³-hybridized carbons (Fsp3) is 0.286. The maximum absolute atomic E-state index is 5.77. The standard InChI is InChI=1S/C14H14O3/c1-2-6-12-11(5-1)8-9-14(16-12)17-13-7-3-4-10-15-13/h1-7,10,13-14H,8-9H2. The van der Waals surface area contributed by atoms with E-state index in [-0.39, 0.29) is 12.6 Å². The molecule has 0 radical (unpaired) electrons. The third-order valence-electron chi connectivity index (χ3n) is 2.84. The van der Waals surface area contributed by atoms with Gasteiger partial charge in [-0.15, -0.1) is 0 Å². The summed E-state index contributed by atoms with van der Waals surface area (Å²) < 4.78 is 16.8. The number of benzene rings is 1. The molecule has 2 aliphatic rings. The zero-order valence-corrected chi connectivity index (χ0v) is 9.41. The molecule has 0 spiro atoms. The molecule has 88 valence electrons. The summed E-state index contributed by atoms with van der Waals surface area (Å²) in [7, 11) is 0. The van der Waals surface area contributed by atoms with Crippen molar-refractivity contribution in [3.8, 4) is 5.75 Å². The van der Waals surface area contributed by atoms with Gasteiger partial charge in [0.15, 0.2) is 0 Å². The van der Waals surface area contributed by atoms with Crippen LogP contribution in [0.2, 0.25) is 0 Å². The molecule has 3 heteroatoms. The molecule has 1 aromatic carbocycles. The van der Waals surface area contributed by atoms with Gasteiger partial charge in [-0.3, -0.25) is 4.74 Å². The monoisotopic (exact) mass is 230 g/mol. The zero-order chi connectivity index (χ0) is 11.5. The average molecular weight is 230 g/mol. The molecule has 0 aromatic heterocycles. The summed E-state index contributed by atoms with van der Waals surface area (Å²) in [6, 6.07) is 8.07. The van der Waals surface area contributed by atoms with E-state index in [1.165, 1.54) is 5.56 Å². The number of fused-ring (bicyclic) bond motifs is 1. The number of hydrogen-bond donors (Lipinski definition) is 0. The predicted octanol–water partition coefficient (Wildman–Crippen LogP) is 2.78. The van der Waals surface area contributed by atoms with Crippen LogP contribution in [0.3, 0.4) is 0 Å². The van der Waals surface area contributed by atoms with Crippen LogP contribution in [-0.2, 0) is 15.9 Å². The third-order valence-corrected chi connectivity index (χ3v) is 2.84. The Hall–Kier alpha value is -1.74. The van der Waals surface area contributed by atoms with E-state index in [1.807, 2.05) is 36.4 Å². The van der Waals surface area contributed by atoms with Gasteiger partial charge in [-0.1, -0.05) is 24.3 Å². The molecule has 17 heavy (non-hydrogen) atoms. The van der Waals surface area contributed by atoms with Gasteiger partial charge in [0.25, 0.3) is 0 Å².